The molecule has 3 heteroatoms. The molecule has 0 saturated heterocycles. The zero-order chi connectivity index (χ0) is 11.4. The smallest absolute Gasteiger partial charge is 0.173 e. The first kappa shape index (κ1) is 11.9. The SMILES string of the molecule is CCCC1(CNCc2ccc(OC)s2)CC1. The molecule has 0 bridgehead atoms. The summed E-state index contributed by atoms with van der Waals surface area (Å²) in [6, 6.07) is 4.19. The molecule has 90 valence electrons. The molecule has 1 aromatic rings. The fourth-order valence-corrected chi connectivity index (χ4v) is 3.02. The van der Waals surface area contributed by atoms with Gasteiger partial charge in [0.1, 0.15) is 0 Å². The van der Waals surface area contributed by atoms with Crippen molar-refractivity contribution in [1.29, 1.82) is 0 Å². The largest absolute Gasteiger partial charge is 0.487 e. The first-order valence-electron chi connectivity index (χ1n) is 6.11. The van der Waals surface area contributed by atoms with Crippen LogP contribution in [-0.2, 0) is 6.54 Å². The van der Waals surface area contributed by atoms with Gasteiger partial charge in [-0.15, -0.1) is 11.3 Å². The highest BCUT2D eigenvalue weighted by Gasteiger charge is 2.40. The normalized spacial score (nSPS) is 17.4. The van der Waals surface area contributed by atoms with Gasteiger partial charge in [0.25, 0.3) is 0 Å². The number of hydrogen-bond acceptors (Lipinski definition) is 3. The van der Waals surface area contributed by atoms with Gasteiger partial charge in [-0.05, 0) is 36.8 Å². The van der Waals surface area contributed by atoms with E-state index in [2.05, 4.69) is 18.3 Å². The number of nitrogens with one attached hydrogen (secondary N) is 1. The van der Waals surface area contributed by atoms with E-state index in [0.29, 0.717) is 5.41 Å². The molecule has 1 aromatic heterocycles. The van der Waals surface area contributed by atoms with Gasteiger partial charge in [0.2, 0.25) is 0 Å². The van der Waals surface area contributed by atoms with Crippen LogP contribution >= 0.6 is 11.3 Å². The van der Waals surface area contributed by atoms with Crippen LogP contribution in [0.1, 0.15) is 37.5 Å². The Morgan fingerprint density at radius 2 is 2.25 bits per heavy atom. The first-order valence-corrected chi connectivity index (χ1v) is 6.93. The lowest BCUT2D eigenvalue weighted by Gasteiger charge is -2.14. The topological polar surface area (TPSA) is 21.3 Å². The predicted molar refractivity (Wildman–Crippen MR) is 69.2 cm³/mol. The van der Waals surface area contributed by atoms with E-state index in [0.717, 1.165) is 11.6 Å². The Hall–Kier alpha value is -0.540. The maximum atomic E-state index is 5.18. The molecule has 1 aliphatic rings. The molecule has 0 radical (unpaired) electrons. The molecule has 1 N–H and O–H groups in total. The van der Waals surface area contributed by atoms with Crippen LogP contribution in [0, 0.1) is 5.41 Å². The lowest BCUT2D eigenvalue weighted by atomic mass is 10.0. The molecule has 1 aliphatic carbocycles. The van der Waals surface area contributed by atoms with E-state index in [1.165, 1.54) is 37.1 Å². The highest BCUT2D eigenvalue weighted by molar-refractivity contribution is 7.13. The quantitative estimate of drug-likeness (QED) is 0.787. The van der Waals surface area contributed by atoms with Gasteiger partial charge in [-0.1, -0.05) is 13.3 Å². The number of ether oxygens (including phenoxy) is 1. The Balaban J connectivity index is 1.71. The van der Waals surface area contributed by atoms with E-state index in [1.54, 1.807) is 18.4 Å². The van der Waals surface area contributed by atoms with Crippen molar-refractivity contribution in [3.63, 3.8) is 0 Å². The van der Waals surface area contributed by atoms with E-state index in [-0.39, 0.29) is 0 Å². The van der Waals surface area contributed by atoms with E-state index in [9.17, 15) is 0 Å². The van der Waals surface area contributed by atoms with Crippen molar-refractivity contribution < 1.29 is 4.74 Å². The molecule has 2 rings (SSSR count). The lowest BCUT2D eigenvalue weighted by molar-refractivity contribution is 0.421. The molecular weight excluding hydrogens is 218 g/mol. The summed E-state index contributed by atoms with van der Waals surface area (Å²) in [5.74, 6) is 0. The Labute approximate surface area is 102 Å². The zero-order valence-electron chi connectivity index (χ0n) is 10.2. The molecule has 0 amide bonds. The van der Waals surface area contributed by atoms with Crippen molar-refractivity contribution in [3.05, 3.63) is 17.0 Å². The summed E-state index contributed by atoms with van der Waals surface area (Å²) >= 11 is 1.73. The van der Waals surface area contributed by atoms with Crippen LogP contribution in [0.3, 0.4) is 0 Å². The van der Waals surface area contributed by atoms with Crippen LogP contribution < -0.4 is 10.1 Å². The minimum absolute atomic E-state index is 0.649. The minimum Gasteiger partial charge on any atom is -0.487 e. The van der Waals surface area contributed by atoms with Crippen molar-refractivity contribution in [2.24, 2.45) is 5.41 Å². The molecule has 1 heterocycles. The summed E-state index contributed by atoms with van der Waals surface area (Å²) in [4.78, 5) is 1.36. The van der Waals surface area contributed by atoms with Gasteiger partial charge < -0.3 is 10.1 Å². The van der Waals surface area contributed by atoms with Crippen LogP contribution in [0.15, 0.2) is 12.1 Å². The molecule has 0 aliphatic heterocycles. The highest BCUT2D eigenvalue weighted by atomic mass is 32.1. The van der Waals surface area contributed by atoms with Crippen molar-refractivity contribution >= 4 is 11.3 Å². The van der Waals surface area contributed by atoms with E-state index in [4.69, 9.17) is 4.74 Å². The second-order valence-corrected chi connectivity index (χ2v) is 5.91. The Kier molecular flexibility index (Phi) is 3.87. The van der Waals surface area contributed by atoms with Gasteiger partial charge in [0.05, 0.1) is 7.11 Å². The van der Waals surface area contributed by atoms with Gasteiger partial charge in [0, 0.05) is 18.0 Å². The minimum atomic E-state index is 0.649. The number of thiophene rings is 1. The van der Waals surface area contributed by atoms with Gasteiger partial charge in [-0.3, -0.25) is 0 Å². The third kappa shape index (κ3) is 2.98. The molecule has 0 unspecified atom stereocenters. The number of methoxy groups -OCH3 is 1. The zero-order valence-corrected chi connectivity index (χ0v) is 11.0. The van der Waals surface area contributed by atoms with Crippen molar-refractivity contribution in [2.75, 3.05) is 13.7 Å². The molecule has 1 fully saturated rings. The van der Waals surface area contributed by atoms with Gasteiger partial charge in [0.15, 0.2) is 5.06 Å². The van der Waals surface area contributed by atoms with Gasteiger partial charge in [-0.2, -0.15) is 0 Å². The van der Waals surface area contributed by atoms with Crippen molar-refractivity contribution in [2.45, 2.75) is 39.2 Å². The van der Waals surface area contributed by atoms with Crippen molar-refractivity contribution in [1.82, 2.24) is 5.32 Å². The molecule has 0 atom stereocenters. The third-order valence-electron chi connectivity index (χ3n) is 3.37. The maximum Gasteiger partial charge on any atom is 0.173 e. The Morgan fingerprint density at radius 3 is 2.81 bits per heavy atom. The molecule has 0 aromatic carbocycles. The van der Waals surface area contributed by atoms with Crippen molar-refractivity contribution in [3.8, 4) is 5.06 Å². The summed E-state index contributed by atoms with van der Waals surface area (Å²) in [5.41, 5.74) is 0.649. The lowest BCUT2D eigenvalue weighted by Crippen LogP contribution is -2.23. The molecule has 1 saturated carbocycles. The van der Waals surface area contributed by atoms with Crippen LogP contribution in [-0.4, -0.2) is 13.7 Å². The van der Waals surface area contributed by atoms with E-state index < -0.39 is 0 Å². The van der Waals surface area contributed by atoms with Crippen LogP contribution in [0.5, 0.6) is 5.06 Å². The average molecular weight is 239 g/mol. The van der Waals surface area contributed by atoms with E-state index in [1.807, 2.05) is 6.07 Å². The van der Waals surface area contributed by atoms with Crippen LogP contribution in [0.25, 0.3) is 0 Å². The molecule has 16 heavy (non-hydrogen) atoms. The summed E-state index contributed by atoms with van der Waals surface area (Å²) in [7, 11) is 1.73. The fraction of sp³-hybridized carbons (Fsp3) is 0.692. The van der Waals surface area contributed by atoms with E-state index >= 15 is 0 Å². The Morgan fingerprint density at radius 1 is 1.44 bits per heavy atom. The molecular formula is C13H21NOS. The second-order valence-electron chi connectivity index (χ2n) is 4.78. The number of rotatable bonds is 7. The summed E-state index contributed by atoms with van der Waals surface area (Å²) < 4.78 is 5.18. The fourth-order valence-electron chi connectivity index (χ4n) is 2.24. The summed E-state index contributed by atoms with van der Waals surface area (Å²) in [6.45, 7) is 4.45. The van der Waals surface area contributed by atoms with Crippen LogP contribution in [0.4, 0.5) is 0 Å². The summed E-state index contributed by atoms with van der Waals surface area (Å²) in [6.07, 6.45) is 5.53. The molecule has 2 nitrogen and oxygen atoms in total. The van der Waals surface area contributed by atoms with Gasteiger partial charge >= 0.3 is 0 Å². The third-order valence-corrected chi connectivity index (χ3v) is 4.42. The summed E-state index contributed by atoms with van der Waals surface area (Å²) in [5, 5.41) is 4.59. The van der Waals surface area contributed by atoms with Gasteiger partial charge in [-0.25, -0.2) is 0 Å². The highest BCUT2D eigenvalue weighted by Crippen LogP contribution is 2.48. The maximum absolute atomic E-state index is 5.18. The second kappa shape index (κ2) is 5.19. The average Bonchev–Trinajstić information content (AvgIpc) is 2.89. The standard InChI is InChI=1S/C13H21NOS/c1-3-6-13(7-8-13)10-14-9-11-4-5-12(15-2)16-11/h4-5,14H,3,6-10H2,1-2H3. The molecule has 0 spiro atoms. The number of hydrogen-bond donors (Lipinski definition) is 1. The predicted octanol–water partition coefficient (Wildman–Crippen LogP) is 3.43. The first-order chi connectivity index (χ1) is 7.78. The monoisotopic (exact) mass is 239 g/mol. The van der Waals surface area contributed by atoms with Crippen LogP contribution in [0.2, 0.25) is 0 Å². The Bertz CT molecular complexity index is 330.